The highest BCUT2D eigenvalue weighted by molar-refractivity contribution is 8.75. The van der Waals surface area contributed by atoms with Crippen LogP contribution in [0.5, 0.6) is 5.75 Å². The molecule has 0 aliphatic rings. The molecule has 0 fully saturated rings. The van der Waals surface area contributed by atoms with E-state index in [0.29, 0.717) is 5.56 Å². The quantitative estimate of drug-likeness (QED) is 0.457. The van der Waals surface area contributed by atoms with Crippen LogP contribution in [0.4, 0.5) is 0 Å². The molecular formula is C25H20O2PS+. The van der Waals surface area contributed by atoms with Gasteiger partial charge in [0.05, 0.1) is 5.56 Å². The lowest BCUT2D eigenvalue weighted by atomic mass is 10.2. The molecule has 0 spiro atoms. The minimum absolute atomic E-state index is 0.0114. The van der Waals surface area contributed by atoms with E-state index in [0.717, 1.165) is 15.9 Å². The molecule has 1 N–H and O–H groups in total. The molecule has 142 valence electrons. The van der Waals surface area contributed by atoms with E-state index in [4.69, 9.17) is 0 Å². The molecule has 0 bridgehead atoms. The zero-order valence-electron chi connectivity index (χ0n) is 15.7. The Kier molecular flexibility index (Phi) is 5.80. The number of para-hydroxylation sites is 1. The highest BCUT2D eigenvalue weighted by atomic mass is 32.7. The van der Waals surface area contributed by atoms with Crippen molar-refractivity contribution in [3.63, 3.8) is 0 Å². The summed E-state index contributed by atoms with van der Waals surface area (Å²) >= 11 is 1.33. The van der Waals surface area contributed by atoms with E-state index in [1.807, 2.05) is 54.6 Å². The Labute approximate surface area is 175 Å². The predicted molar refractivity (Wildman–Crippen MR) is 125 cm³/mol. The maximum atomic E-state index is 13.4. The van der Waals surface area contributed by atoms with E-state index in [9.17, 15) is 9.90 Å². The maximum absolute atomic E-state index is 13.4. The molecule has 2 nitrogen and oxygen atoms in total. The van der Waals surface area contributed by atoms with Gasteiger partial charge in [0.2, 0.25) is 0 Å². The van der Waals surface area contributed by atoms with Crippen molar-refractivity contribution >= 4 is 38.9 Å². The molecule has 0 aromatic heterocycles. The minimum atomic E-state index is -2.34. The van der Waals surface area contributed by atoms with E-state index in [1.54, 1.807) is 24.3 Å². The zero-order valence-corrected chi connectivity index (χ0v) is 17.4. The Morgan fingerprint density at radius 2 is 0.966 bits per heavy atom. The third kappa shape index (κ3) is 3.85. The summed E-state index contributed by atoms with van der Waals surface area (Å²) in [5.74, 6) is 0.0114. The fourth-order valence-corrected chi connectivity index (χ4v) is 9.93. The number of benzene rings is 4. The number of phenols is 1. The molecule has 0 aliphatic heterocycles. The molecule has 0 atom stereocenters. The van der Waals surface area contributed by atoms with Gasteiger partial charge >= 0.3 is 0 Å². The van der Waals surface area contributed by atoms with Crippen LogP contribution in [0.3, 0.4) is 0 Å². The van der Waals surface area contributed by atoms with E-state index in [1.165, 1.54) is 11.4 Å². The van der Waals surface area contributed by atoms with Gasteiger partial charge in [-0.3, -0.25) is 4.79 Å². The number of phenolic OH excluding ortho intramolecular Hbond substituents is 1. The third-order valence-electron chi connectivity index (χ3n) is 4.70. The van der Waals surface area contributed by atoms with Crippen LogP contribution in [0, 0.1) is 0 Å². The number of aromatic hydroxyl groups is 1. The molecule has 0 aliphatic carbocycles. The second-order valence-electron chi connectivity index (χ2n) is 6.51. The molecule has 0 radical (unpaired) electrons. The highest BCUT2D eigenvalue weighted by Crippen LogP contribution is 2.67. The smallest absolute Gasteiger partial charge is 0.262 e. The molecule has 4 aromatic carbocycles. The lowest BCUT2D eigenvalue weighted by molar-refractivity contribution is 0.108. The van der Waals surface area contributed by atoms with Crippen molar-refractivity contribution in [3.05, 3.63) is 121 Å². The molecular weight excluding hydrogens is 395 g/mol. The van der Waals surface area contributed by atoms with E-state index < -0.39 is 6.46 Å². The summed E-state index contributed by atoms with van der Waals surface area (Å²) in [5.41, 5.74) is 0.338. The molecule has 0 amide bonds. The lowest BCUT2D eigenvalue weighted by Crippen LogP contribution is -2.29. The Bertz CT molecular complexity index is 1000. The van der Waals surface area contributed by atoms with Gasteiger partial charge in [-0.15, -0.1) is 0 Å². The third-order valence-corrected chi connectivity index (χ3v) is 11.7. The van der Waals surface area contributed by atoms with Crippen LogP contribution < -0.4 is 15.9 Å². The fourth-order valence-electron chi connectivity index (χ4n) is 3.34. The average molecular weight is 415 g/mol. The van der Waals surface area contributed by atoms with Gasteiger partial charge in [-0.2, -0.15) is 0 Å². The van der Waals surface area contributed by atoms with Crippen LogP contribution in [0.1, 0.15) is 10.4 Å². The Hall–Kier alpha value is -2.87. The van der Waals surface area contributed by atoms with Crippen LogP contribution in [0.15, 0.2) is 115 Å². The van der Waals surface area contributed by atoms with Crippen molar-refractivity contribution in [2.45, 2.75) is 0 Å². The monoisotopic (exact) mass is 415 g/mol. The largest absolute Gasteiger partial charge is 0.507 e. The first-order valence-corrected chi connectivity index (χ1v) is 12.5. The van der Waals surface area contributed by atoms with E-state index in [-0.39, 0.29) is 10.9 Å². The second-order valence-corrected chi connectivity index (χ2v) is 12.0. The van der Waals surface area contributed by atoms with E-state index in [2.05, 4.69) is 36.4 Å². The van der Waals surface area contributed by atoms with Crippen molar-refractivity contribution in [2.24, 2.45) is 0 Å². The first kappa shape index (κ1) is 19.4. The molecule has 4 aromatic rings. The van der Waals surface area contributed by atoms with Crippen molar-refractivity contribution in [3.8, 4) is 5.75 Å². The van der Waals surface area contributed by atoms with Crippen LogP contribution >= 0.6 is 17.8 Å². The number of carbonyl (C=O) groups is 1. The van der Waals surface area contributed by atoms with Gasteiger partial charge in [0.1, 0.15) is 33.0 Å². The molecule has 0 unspecified atom stereocenters. The van der Waals surface area contributed by atoms with Gasteiger partial charge in [0, 0.05) is 0 Å². The SMILES string of the molecule is O=C(S[P+](c1ccccc1)(c1ccccc1)c1ccccc1)c1ccccc1O. The first-order valence-electron chi connectivity index (χ1n) is 9.29. The number of hydrogen-bond acceptors (Lipinski definition) is 3. The van der Waals surface area contributed by atoms with Crippen molar-refractivity contribution in [1.82, 2.24) is 0 Å². The topological polar surface area (TPSA) is 37.3 Å². The van der Waals surface area contributed by atoms with Crippen LogP contribution in [-0.2, 0) is 0 Å². The minimum Gasteiger partial charge on any atom is -0.507 e. The van der Waals surface area contributed by atoms with Gasteiger partial charge in [-0.05, 0) is 48.5 Å². The summed E-state index contributed by atoms with van der Waals surface area (Å²) in [4.78, 5) is 13.4. The standard InChI is InChI=1S/C25H19O2PS/c26-24-19-11-10-18-23(24)25(27)29-28(20-12-4-1-5-13-20,21-14-6-2-7-15-21)22-16-8-3-9-17-22/h1-19H/p+1. The summed E-state index contributed by atoms with van der Waals surface area (Å²) in [6, 6.07) is 37.4. The van der Waals surface area contributed by atoms with Gasteiger partial charge in [0.15, 0.2) is 6.46 Å². The highest BCUT2D eigenvalue weighted by Gasteiger charge is 2.49. The van der Waals surface area contributed by atoms with Gasteiger partial charge in [-0.25, -0.2) is 0 Å². The number of hydrogen-bond donors (Lipinski definition) is 1. The molecule has 4 heteroatoms. The maximum Gasteiger partial charge on any atom is 0.262 e. The number of rotatable bonds is 5. The van der Waals surface area contributed by atoms with E-state index >= 15 is 0 Å². The van der Waals surface area contributed by atoms with Crippen molar-refractivity contribution in [1.29, 1.82) is 0 Å². The van der Waals surface area contributed by atoms with Crippen LogP contribution in [-0.4, -0.2) is 10.2 Å². The molecule has 29 heavy (non-hydrogen) atoms. The summed E-state index contributed by atoms with van der Waals surface area (Å²) < 4.78 is 0. The van der Waals surface area contributed by atoms with Gasteiger partial charge in [0.25, 0.3) is 5.12 Å². The molecule has 4 rings (SSSR count). The Balaban J connectivity index is 1.95. The van der Waals surface area contributed by atoms with Crippen LogP contribution in [0.2, 0.25) is 0 Å². The Morgan fingerprint density at radius 1 is 0.586 bits per heavy atom. The number of carbonyl (C=O) groups excluding carboxylic acids is 1. The average Bonchev–Trinajstić information content (AvgIpc) is 2.79. The van der Waals surface area contributed by atoms with Gasteiger partial charge in [-0.1, -0.05) is 66.7 Å². The van der Waals surface area contributed by atoms with Crippen molar-refractivity contribution in [2.75, 3.05) is 0 Å². The summed E-state index contributed by atoms with van der Waals surface area (Å²) in [5, 5.41) is 13.5. The normalized spacial score (nSPS) is 11.2. The summed E-state index contributed by atoms with van der Waals surface area (Å²) in [6.45, 7) is -2.34. The Morgan fingerprint density at radius 3 is 1.38 bits per heavy atom. The fraction of sp³-hybridized carbons (Fsp3) is 0. The van der Waals surface area contributed by atoms with Gasteiger partial charge < -0.3 is 5.11 Å². The first-order chi connectivity index (χ1) is 14.2. The zero-order chi connectivity index (χ0) is 20.1. The molecule has 0 saturated heterocycles. The summed E-state index contributed by atoms with van der Waals surface area (Å²) in [7, 11) is 0. The summed E-state index contributed by atoms with van der Waals surface area (Å²) in [6.07, 6.45) is 0. The molecule has 0 heterocycles. The molecule has 0 saturated carbocycles. The van der Waals surface area contributed by atoms with Crippen molar-refractivity contribution < 1.29 is 9.90 Å². The second kappa shape index (κ2) is 8.65. The predicted octanol–water partition coefficient (Wildman–Crippen LogP) is 5.17. The van der Waals surface area contributed by atoms with Crippen LogP contribution in [0.25, 0.3) is 0 Å². The lowest BCUT2D eigenvalue weighted by Gasteiger charge is -2.25.